The number of nitrogens with zero attached hydrogens (tertiary/aromatic N) is 3. The molecule has 186 valence electrons. The number of aromatic nitrogens is 2. The lowest BCUT2D eigenvalue weighted by Gasteiger charge is -2.16. The molecule has 1 aliphatic carbocycles. The molecule has 1 amide bonds. The minimum atomic E-state index is -3.79. The van der Waals surface area contributed by atoms with Crippen LogP contribution in [0.4, 0.5) is 5.69 Å². The minimum absolute atomic E-state index is 0.0000999. The van der Waals surface area contributed by atoms with E-state index in [-0.39, 0.29) is 6.10 Å². The molecular weight excluding hydrogens is 470 g/mol. The van der Waals surface area contributed by atoms with Crippen LogP contribution in [0.5, 0.6) is 5.75 Å². The molecule has 11 heteroatoms. The zero-order chi connectivity index (χ0) is 25.3. The van der Waals surface area contributed by atoms with Gasteiger partial charge in [0.1, 0.15) is 11.5 Å². The molecule has 1 heterocycles. The zero-order valence-electron chi connectivity index (χ0n) is 20.1. The molecule has 35 heavy (non-hydrogen) atoms. The number of nitrogens with one attached hydrogen (secondary N) is 1. The van der Waals surface area contributed by atoms with Crippen LogP contribution >= 0.6 is 0 Å². The molecule has 2 aromatic carbocycles. The highest BCUT2D eigenvalue weighted by molar-refractivity contribution is 7.90. The summed E-state index contributed by atoms with van der Waals surface area (Å²) in [6.07, 6.45) is 1.21. The number of amides is 1. The van der Waals surface area contributed by atoms with Gasteiger partial charge in [0.2, 0.25) is 21.8 Å². The van der Waals surface area contributed by atoms with E-state index in [1.165, 1.54) is 19.0 Å². The van der Waals surface area contributed by atoms with Crippen molar-refractivity contribution in [2.45, 2.75) is 38.8 Å². The number of anilines is 1. The van der Waals surface area contributed by atoms with Crippen molar-refractivity contribution < 1.29 is 22.5 Å². The zero-order valence-corrected chi connectivity index (χ0v) is 20.9. The summed E-state index contributed by atoms with van der Waals surface area (Å²) in [5.74, 6) is 0.240. The Hall–Kier alpha value is -3.44. The Morgan fingerprint density at radius 3 is 2.74 bits per heavy atom. The monoisotopic (exact) mass is 499 g/mol. The van der Waals surface area contributed by atoms with Crippen LogP contribution in [0.3, 0.4) is 0 Å². The second kappa shape index (κ2) is 9.67. The van der Waals surface area contributed by atoms with E-state index >= 15 is 0 Å². The molecule has 0 saturated carbocycles. The van der Waals surface area contributed by atoms with Gasteiger partial charge in [0.05, 0.1) is 11.8 Å². The Kier molecular flexibility index (Phi) is 6.82. The van der Waals surface area contributed by atoms with Crippen molar-refractivity contribution in [3.63, 3.8) is 0 Å². The van der Waals surface area contributed by atoms with Crippen LogP contribution in [0.25, 0.3) is 22.8 Å². The Balaban J connectivity index is 1.57. The predicted molar refractivity (Wildman–Crippen MR) is 132 cm³/mol. The molecule has 1 aromatic heterocycles. The third-order valence-corrected chi connectivity index (χ3v) is 6.96. The highest BCUT2D eigenvalue weighted by Gasteiger charge is 2.30. The van der Waals surface area contributed by atoms with Crippen molar-refractivity contribution in [2.24, 2.45) is 0 Å². The first kappa shape index (κ1) is 24.7. The number of hydrogen-bond donors (Lipinski definition) is 2. The van der Waals surface area contributed by atoms with Crippen molar-refractivity contribution >= 4 is 21.6 Å². The van der Waals surface area contributed by atoms with Crippen LogP contribution in [0.15, 0.2) is 40.9 Å². The molecule has 0 bridgehead atoms. The fourth-order valence-corrected chi connectivity index (χ4v) is 5.37. The van der Waals surface area contributed by atoms with Gasteiger partial charge in [-0.1, -0.05) is 23.4 Å². The number of hydrogen-bond acceptors (Lipinski definition) is 8. The molecule has 0 spiro atoms. The number of benzene rings is 2. The van der Waals surface area contributed by atoms with Gasteiger partial charge in [-0.3, -0.25) is 4.79 Å². The first-order chi connectivity index (χ1) is 16.5. The highest BCUT2D eigenvalue weighted by Crippen LogP contribution is 2.38. The molecule has 1 aliphatic rings. The van der Waals surface area contributed by atoms with E-state index in [2.05, 4.69) is 14.9 Å². The van der Waals surface area contributed by atoms with Crippen LogP contribution in [-0.2, 0) is 21.2 Å². The van der Waals surface area contributed by atoms with Gasteiger partial charge in [0.15, 0.2) is 0 Å². The summed E-state index contributed by atoms with van der Waals surface area (Å²) in [5.41, 5.74) is 9.82. The number of nitrogens with two attached hydrogens (primary N) is 1. The number of ether oxygens (including phenoxy) is 1. The third-order valence-electron chi connectivity index (χ3n) is 5.69. The maximum atomic E-state index is 12.5. The molecule has 0 unspecified atom stereocenters. The van der Waals surface area contributed by atoms with E-state index in [4.69, 9.17) is 15.0 Å². The quantitative estimate of drug-likeness (QED) is 0.451. The van der Waals surface area contributed by atoms with Crippen molar-refractivity contribution in [3.05, 3.63) is 47.5 Å². The summed E-state index contributed by atoms with van der Waals surface area (Å²) in [7, 11) is -0.742. The lowest BCUT2D eigenvalue weighted by Crippen LogP contribution is -2.37. The lowest BCUT2D eigenvalue weighted by atomic mass is 10.0. The van der Waals surface area contributed by atoms with Crippen LogP contribution in [0.1, 0.15) is 37.4 Å². The third kappa shape index (κ3) is 5.46. The summed E-state index contributed by atoms with van der Waals surface area (Å²) in [5, 5.41) is 4.15. The van der Waals surface area contributed by atoms with E-state index in [9.17, 15) is 13.2 Å². The second-order valence-electron chi connectivity index (χ2n) is 8.97. The maximum Gasteiger partial charge on any atom is 0.258 e. The fourth-order valence-electron chi connectivity index (χ4n) is 4.03. The fraction of sp³-hybridized carbons (Fsp3) is 0.375. The highest BCUT2D eigenvalue weighted by atomic mass is 32.2. The maximum absolute atomic E-state index is 12.5. The molecule has 10 nitrogen and oxygen atoms in total. The van der Waals surface area contributed by atoms with Crippen LogP contribution < -0.4 is 15.2 Å². The van der Waals surface area contributed by atoms with Gasteiger partial charge in [0.25, 0.3) is 5.89 Å². The molecule has 4 rings (SSSR count). The SMILES string of the molecule is CC(C)Oc1ccc(-c2nc(-c3cccc4c3CC[C@@H]4NS(=O)(=O)CC(=O)N(C)C)no2)cc1N. The van der Waals surface area contributed by atoms with Gasteiger partial charge in [-0.15, -0.1) is 0 Å². The molecule has 3 aromatic rings. The van der Waals surface area contributed by atoms with E-state index in [0.717, 1.165) is 16.7 Å². The Morgan fingerprint density at radius 2 is 2.06 bits per heavy atom. The molecule has 1 atom stereocenters. The van der Waals surface area contributed by atoms with E-state index in [1.807, 2.05) is 32.0 Å². The number of carbonyl (C=O) groups excluding carboxylic acids is 1. The summed E-state index contributed by atoms with van der Waals surface area (Å²) in [6, 6.07) is 10.5. The summed E-state index contributed by atoms with van der Waals surface area (Å²) < 4.78 is 38.9. The standard InChI is InChI=1S/C24H29N5O5S/c1-14(2)33-21-11-8-15(12-19(21)25)24-26-23(27-34-24)18-7-5-6-17-16(18)9-10-20(17)28-35(31,32)13-22(30)29(3)4/h5-8,11-12,14,20,28H,9-10,13,25H2,1-4H3/t20-/m0/s1. The van der Waals surface area contributed by atoms with Crippen LogP contribution in [0, 0.1) is 0 Å². The van der Waals surface area contributed by atoms with E-state index in [1.54, 1.807) is 18.2 Å². The predicted octanol–water partition coefficient (Wildman–Crippen LogP) is 2.77. The van der Waals surface area contributed by atoms with Crippen molar-refractivity contribution in [3.8, 4) is 28.6 Å². The largest absolute Gasteiger partial charge is 0.489 e. The molecule has 0 aliphatic heterocycles. The topological polar surface area (TPSA) is 141 Å². The molecule has 3 N–H and O–H groups in total. The Labute approximate surface area is 204 Å². The number of carbonyl (C=O) groups is 1. The molecule has 0 saturated heterocycles. The van der Waals surface area contributed by atoms with Crippen molar-refractivity contribution in [1.29, 1.82) is 0 Å². The second-order valence-corrected chi connectivity index (χ2v) is 10.7. The summed E-state index contributed by atoms with van der Waals surface area (Å²) in [4.78, 5) is 17.7. The normalized spacial score (nSPS) is 15.3. The number of nitrogen functional groups attached to an aromatic ring is 1. The van der Waals surface area contributed by atoms with Gasteiger partial charge in [0, 0.05) is 31.3 Å². The average Bonchev–Trinajstić information content (AvgIpc) is 3.42. The van der Waals surface area contributed by atoms with E-state index < -0.39 is 27.7 Å². The first-order valence-corrected chi connectivity index (χ1v) is 12.9. The van der Waals surface area contributed by atoms with Gasteiger partial charge >= 0.3 is 0 Å². The van der Waals surface area contributed by atoms with Gasteiger partial charge in [-0.2, -0.15) is 4.98 Å². The minimum Gasteiger partial charge on any atom is -0.489 e. The summed E-state index contributed by atoms with van der Waals surface area (Å²) in [6.45, 7) is 3.85. The Bertz CT molecular complexity index is 1350. The van der Waals surface area contributed by atoms with E-state index in [0.29, 0.717) is 41.6 Å². The van der Waals surface area contributed by atoms with Crippen molar-refractivity contribution in [1.82, 2.24) is 19.8 Å². The Morgan fingerprint density at radius 1 is 1.29 bits per heavy atom. The van der Waals surface area contributed by atoms with Gasteiger partial charge in [-0.25, -0.2) is 13.1 Å². The van der Waals surface area contributed by atoms with Crippen LogP contribution in [0.2, 0.25) is 0 Å². The number of sulfonamides is 1. The van der Waals surface area contributed by atoms with Crippen LogP contribution in [-0.4, -0.2) is 55.3 Å². The van der Waals surface area contributed by atoms with Gasteiger partial charge < -0.3 is 19.9 Å². The smallest absolute Gasteiger partial charge is 0.258 e. The molecule has 0 radical (unpaired) electrons. The average molecular weight is 500 g/mol. The first-order valence-electron chi connectivity index (χ1n) is 11.3. The number of rotatable bonds is 8. The van der Waals surface area contributed by atoms with Gasteiger partial charge in [-0.05, 0) is 56.0 Å². The lowest BCUT2D eigenvalue weighted by molar-refractivity contribution is -0.125. The molecule has 0 fully saturated rings. The number of fused-ring (bicyclic) bond motifs is 1. The molecular formula is C24H29N5O5S. The van der Waals surface area contributed by atoms with Crippen molar-refractivity contribution in [2.75, 3.05) is 25.6 Å². The summed E-state index contributed by atoms with van der Waals surface area (Å²) >= 11 is 0.